The summed E-state index contributed by atoms with van der Waals surface area (Å²) in [4.78, 5) is 13.6. The maximum atomic E-state index is 12.2. The minimum absolute atomic E-state index is 0.00150. The quantitative estimate of drug-likeness (QED) is 0.744. The summed E-state index contributed by atoms with van der Waals surface area (Å²) in [6.07, 6.45) is -3.63. The van der Waals surface area contributed by atoms with Crippen molar-refractivity contribution in [2.45, 2.75) is 19.0 Å². The molecule has 24 heavy (non-hydrogen) atoms. The van der Waals surface area contributed by atoms with Crippen molar-refractivity contribution in [2.75, 3.05) is 40.9 Å². The number of alkyl halides is 3. The molecule has 5 nitrogen and oxygen atoms in total. The zero-order chi connectivity index (χ0) is 18.2. The monoisotopic (exact) mass is 348 g/mol. The highest BCUT2D eigenvalue weighted by Gasteiger charge is 2.29. The Kier molecular flexibility index (Phi) is 7.84. The van der Waals surface area contributed by atoms with Crippen LogP contribution in [0.15, 0.2) is 18.2 Å². The Bertz CT molecular complexity index is 536. The van der Waals surface area contributed by atoms with E-state index in [1.807, 2.05) is 7.05 Å². The number of hydrogen-bond acceptors (Lipinski definition) is 4. The number of ether oxygens (including phenoxy) is 2. The number of nitrogens with one attached hydrogen (secondary N) is 1. The highest BCUT2D eigenvalue weighted by atomic mass is 19.4. The van der Waals surface area contributed by atoms with Crippen LogP contribution in [0.5, 0.6) is 11.5 Å². The molecule has 0 aliphatic rings. The highest BCUT2D eigenvalue weighted by Crippen LogP contribution is 2.30. The van der Waals surface area contributed by atoms with Crippen LogP contribution in [0.4, 0.5) is 13.2 Å². The van der Waals surface area contributed by atoms with Gasteiger partial charge in [0.25, 0.3) is 0 Å². The average molecular weight is 348 g/mol. The van der Waals surface area contributed by atoms with E-state index < -0.39 is 12.8 Å². The van der Waals surface area contributed by atoms with Crippen molar-refractivity contribution in [3.63, 3.8) is 0 Å². The Labute approximate surface area is 139 Å². The lowest BCUT2D eigenvalue weighted by atomic mass is 10.1. The van der Waals surface area contributed by atoms with E-state index in [2.05, 4.69) is 5.32 Å². The van der Waals surface area contributed by atoms with Gasteiger partial charge >= 0.3 is 6.18 Å². The molecule has 0 fully saturated rings. The molecule has 0 aromatic heterocycles. The summed E-state index contributed by atoms with van der Waals surface area (Å²) in [7, 11) is 4.90. The van der Waals surface area contributed by atoms with Gasteiger partial charge in [-0.05, 0) is 31.2 Å². The molecule has 0 saturated carbocycles. The first-order valence-corrected chi connectivity index (χ1v) is 7.52. The number of nitrogens with zero attached hydrogens (tertiary/aromatic N) is 1. The maximum Gasteiger partial charge on any atom is 0.422 e. The Morgan fingerprint density at radius 3 is 2.58 bits per heavy atom. The Morgan fingerprint density at radius 2 is 2.00 bits per heavy atom. The van der Waals surface area contributed by atoms with Gasteiger partial charge in [0.1, 0.15) is 0 Å². The van der Waals surface area contributed by atoms with Crippen LogP contribution in [0.2, 0.25) is 0 Å². The zero-order valence-corrected chi connectivity index (χ0v) is 14.1. The molecule has 0 radical (unpaired) electrons. The molecule has 1 amide bonds. The molecule has 8 heteroatoms. The Balaban J connectivity index is 2.62. The van der Waals surface area contributed by atoms with Gasteiger partial charge in [0.15, 0.2) is 18.1 Å². The van der Waals surface area contributed by atoms with E-state index in [9.17, 15) is 18.0 Å². The van der Waals surface area contributed by atoms with Crippen LogP contribution in [0.1, 0.15) is 12.0 Å². The molecule has 1 aromatic carbocycles. The molecule has 0 spiro atoms. The third-order valence-electron chi connectivity index (χ3n) is 3.37. The number of benzene rings is 1. The third kappa shape index (κ3) is 7.08. The lowest BCUT2D eigenvalue weighted by Crippen LogP contribution is -2.32. The van der Waals surface area contributed by atoms with Crippen molar-refractivity contribution in [1.82, 2.24) is 10.2 Å². The molecule has 136 valence electrons. The van der Waals surface area contributed by atoms with Crippen molar-refractivity contribution in [3.05, 3.63) is 23.8 Å². The van der Waals surface area contributed by atoms with Gasteiger partial charge in [-0.3, -0.25) is 4.79 Å². The highest BCUT2D eigenvalue weighted by molar-refractivity contribution is 5.76. The van der Waals surface area contributed by atoms with Gasteiger partial charge in [-0.1, -0.05) is 6.07 Å². The molecule has 0 saturated heterocycles. The van der Waals surface area contributed by atoms with Crippen LogP contribution < -0.4 is 14.8 Å². The minimum Gasteiger partial charge on any atom is -0.493 e. The van der Waals surface area contributed by atoms with Crippen LogP contribution in [0.25, 0.3) is 0 Å². The second kappa shape index (κ2) is 9.36. The largest absolute Gasteiger partial charge is 0.493 e. The first kappa shape index (κ1) is 20.1. The fourth-order valence-electron chi connectivity index (χ4n) is 1.99. The smallest absolute Gasteiger partial charge is 0.422 e. The Hall–Kier alpha value is -1.96. The maximum absolute atomic E-state index is 12.2. The number of amides is 1. The molecule has 0 aliphatic carbocycles. The molecule has 1 rings (SSSR count). The topological polar surface area (TPSA) is 50.8 Å². The number of carbonyl (C=O) groups is 1. The number of methoxy groups -OCH3 is 1. The summed E-state index contributed by atoms with van der Waals surface area (Å²) in [5.41, 5.74) is 0.793. The van der Waals surface area contributed by atoms with Crippen LogP contribution in [-0.4, -0.2) is 57.9 Å². The van der Waals surface area contributed by atoms with Gasteiger partial charge < -0.3 is 19.7 Å². The number of rotatable bonds is 9. The van der Waals surface area contributed by atoms with Gasteiger partial charge in [0, 0.05) is 26.6 Å². The van der Waals surface area contributed by atoms with Crippen LogP contribution >= 0.6 is 0 Å². The summed E-state index contributed by atoms with van der Waals surface area (Å²) in [5, 5.41) is 2.97. The summed E-state index contributed by atoms with van der Waals surface area (Å²) in [5.74, 6) is 0.241. The molecule has 1 aromatic rings. The summed E-state index contributed by atoms with van der Waals surface area (Å²) in [6.45, 7) is -0.0539. The van der Waals surface area contributed by atoms with Gasteiger partial charge in [0.05, 0.1) is 7.11 Å². The number of likely N-dealkylation sites (N-methyl/N-ethyl adjacent to an activating group) is 2. The minimum atomic E-state index is -4.41. The summed E-state index contributed by atoms with van der Waals surface area (Å²) < 4.78 is 46.4. The molecular weight excluding hydrogens is 325 g/mol. The van der Waals surface area contributed by atoms with E-state index >= 15 is 0 Å². The molecule has 0 atom stereocenters. The zero-order valence-electron chi connectivity index (χ0n) is 14.1. The van der Waals surface area contributed by atoms with E-state index in [-0.39, 0.29) is 17.4 Å². The van der Waals surface area contributed by atoms with E-state index in [0.29, 0.717) is 25.9 Å². The molecule has 0 bridgehead atoms. The van der Waals surface area contributed by atoms with E-state index in [0.717, 1.165) is 5.56 Å². The Morgan fingerprint density at radius 1 is 1.29 bits per heavy atom. The average Bonchev–Trinajstić information content (AvgIpc) is 2.54. The van der Waals surface area contributed by atoms with E-state index in [1.165, 1.54) is 13.2 Å². The number of halogens is 3. The lowest BCUT2D eigenvalue weighted by Gasteiger charge is -2.17. The third-order valence-corrected chi connectivity index (χ3v) is 3.37. The standard InChI is InChI=1S/C16H23F3N2O3/c1-20-8-9-21(2)15(22)7-5-12-4-6-13(14(10-12)23-3)24-11-16(17,18)19/h4,6,10,20H,5,7-9,11H2,1-3H3. The van der Waals surface area contributed by atoms with Gasteiger partial charge in [-0.25, -0.2) is 0 Å². The van der Waals surface area contributed by atoms with Gasteiger partial charge in [-0.15, -0.1) is 0 Å². The van der Waals surface area contributed by atoms with Crippen molar-refractivity contribution in [3.8, 4) is 11.5 Å². The molecule has 1 N–H and O–H groups in total. The van der Waals surface area contributed by atoms with E-state index in [1.54, 1.807) is 24.1 Å². The van der Waals surface area contributed by atoms with Crippen LogP contribution in [-0.2, 0) is 11.2 Å². The summed E-state index contributed by atoms with van der Waals surface area (Å²) in [6, 6.07) is 4.65. The van der Waals surface area contributed by atoms with Gasteiger partial charge in [0.2, 0.25) is 5.91 Å². The summed E-state index contributed by atoms with van der Waals surface area (Å²) >= 11 is 0. The molecular formula is C16H23F3N2O3. The van der Waals surface area contributed by atoms with Crippen molar-refractivity contribution in [1.29, 1.82) is 0 Å². The van der Waals surface area contributed by atoms with Crippen molar-refractivity contribution in [2.24, 2.45) is 0 Å². The van der Waals surface area contributed by atoms with Crippen molar-refractivity contribution >= 4 is 5.91 Å². The lowest BCUT2D eigenvalue weighted by molar-refractivity contribution is -0.153. The normalized spacial score (nSPS) is 11.2. The first-order chi connectivity index (χ1) is 11.3. The molecule has 0 unspecified atom stereocenters. The first-order valence-electron chi connectivity index (χ1n) is 7.52. The van der Waals surface area contributed by atoms with Crippen molar-refractivity contribution < 1.29 is 27.4 Å². The number of hydrogen-bond donors (Lipinski definition) is 1. The predicted octanol–water partition coefficient (Wildman–Crippen LogP) is 2.25. The number of aryl methyl sites for hydroxylation is 1. The number of carbonyl (C=O) groups excluding carboxylic acids is 1. The molecule has 0 aliphatic heterocycles. The SMILES string of the molecule is CNCCN(C)C(=O)CCc1ccc(OCC(F)(F)F)c(OC)c1. The second-order valence-corrected chi connectivity index (χ2v) is 5.31. The molecule has 0 heterocycles. The van der Waals surface area contributed by atoms with Crippen LogP contribution in [0.3, 0.4) is 0 Å². The van der Waals surface area contributed by atoms with Gasteiger partial charge in [-0.2, -0.15) is 13.2 Å². The fourth-order valence-corrected chi connectivity index (χ4v) is 1.99. The second-order valence-electron chi connectivity index (χ2n) is 5.31. The predicted molar refractivity (Wildman–Crippen MR) is 84.4 cm³/mol. The van der Waals surface area contributed by atoms with E-state index in [4.69, 9.17) is 9.47 Å². The fraction of sp³-hybridized carbons (Fsp3) is 0.562. The van der Waals surface area contributed by atoms with Crippen LogP contribution in [0, 0.1) is 0 Å².